The average Bonchev–Trinajstić information content (AvgIpc) is 2.56. The van der Waals surface area contributed by atoms with Crippen molar-refractivity contribution in [1.82, 2.24) is 15.1 Å². The summed E-state index contributed by atoms with van der Waals surface area (Å²) in [6.45, 7) is 6.23. The number of carbonyl (C=O) groups excluding carboxylic acids is 1. The van der Waals surface area contributed by atoms with Gasteiger partial charge in [-0.05, 0) is 44.0 Å². The van der Waals surface area contributed by atoms with Gasteiger partial charge >= 0.3 is 0 Å². The summed E-state index contributed by atoms with van der Waals surface area (Å²) in [6.07, 6.45) is 2.52. The van der Waals surface area contributed by atoms with Gasteiger partial charge in [-0.1, -0.05) is 17.7 Å². The van der Waals surface area contributed by atoms with E-state index in [4.69, 9.17) is 11.6 Å². The van der Waals surface area contributed by atoms with E-state index in [1.54, 1.807) is 11.0 Å². The monoisotopic (exact) mass is 375 g/mol. The zero-order chi connectivity index (χ0) is 16.2. The topological polar surface area (TPSA) is 35.6 Å². The summed E-state index contributed by atoms with van der Waals surface area (Å²) >= 11 is 6.00. The van der Waals surface area contributed by atoms with Crippen LogP contribution in [-0.4, -0.2) is 61.5 Å². The maximum Gasteiger partial charge on any atom is 0.258 e. The molecule has 2 fully saturated rings. The van der Waals surface area contributed by atoms with Crippen molar-refractivity contribution in [3.8, 4) is 0 Å². The first kappa shape index (κ1) is 19.4. The summed E-state index contributed by atoms with van der Waals surface area (Å²) in [5.74, 6) is -0.141. The lowest BCUT2D eigenvalue weighted by Crippen LogP contribution is -2.51. The highest BCUT2D eigenvalue weighted by molar-refractivity contribution is 6.33. The Bertz CT molecular complexity index is 539. The standard InChI is InChI=1S/C17H23ClFN3O.ClH/c18-14-4-1-5-15(19)16(14)17(23)22-9-7-21(8-10-22)12-13-3-2-6-20-11-13;/h1,4-5,13,20H,2-3,6-12H2;1H. The van der Waals surface area contributed by atoms with Gasteiger partial charge in [0.2, 0.25) is 0 Å². The van der Waals surface area contributed by atoms with Crippen LogP contribution in [0.2, 0.25) is 5.02 Å². The molecule has 1 aromatic rings. The number of benzene rings is 1. The molecule has 0 aromatic heterocycles. The summed E-state index contributed by atoms with van der Waals surface area (Å²) in [5.41, 5.74) is -0.000836. The van der Waals surface area contributed by atoms with Crippen molar-refractivity contribution in [2.75, 3.05) is 45.8 Å². The molecule has 2 aliphatic rings. The van der Waals surface area contributed by atoms with Crippen molar-refractivity contribution < 1.29 is 9.18 Å². The van der Waals surface area contributed by atoms with E-state index in [9.17, 15) is 9.18 Å². The Morgan fingerprint density at radius 3 is 2.67 bits per heavy atom. The third-order valence-corrected chi connectivity index (χ3v) is 5.07. The highest BCUT2D eigenvalue weighted by Crippen LogP contribution is 2.22. The average molecular weight is 376 g/mol. The molecule has 0 bridgehead atoms. The molecule has 1 unspecified atom stereocenters. The van der Waals surface area contributed by atoms with Crippen LogP contribution in [0.5, 0.6) is 0 Å². The van der Waals surface area contributed by atoms with Gasteiger partial charge in [-0.2, -0.15) is 0 Å². The second-order valence-corrected chi connectivity index (χ2v) is 6.81. The number of carbonyl (C=O) groups is 1. The van der Waals surface area contributed by atoms with Crippen LogP contribution in [0.1, 0.15) is 23.2 Å². The van der Waals surface area contributed by atoms with Gasteiger partial charge < -0.3 is 10.2 Å². The first-order chi connectivity index (χ1) is 11.1. The molecule has 1 amide bonds. The fourth-order valence-electron chi connectivity index (χ4n) is 3.44. The number of amides is 1. The molecule has 0 saturated carbocycles. The highest BCUT2D eigenvalue weighted by atomic mass is 35.5. The largest absolute Gasteiger partial charge is 0.336 e. The van der Waals surface area contributed by atoms with Crippen LogP contribution in [0.4, 0.5) is 4.39 Å². The van der Waals surface area contributed by atoms with Crippen LogP contribution in [0.25, 0.3) is 0 Å². The number of piperidine rings is 1. The molecule has 0 radical (unpaired) electrons. The summed E-state index contributed by atoms with van der Waals surface area (Å²) in [4.78, 5) is 16.6. The molecule has 134 valence electrons. The number of hydrogen-bond donors (Lipinski definition) is 1. The molecule has 2 heterocycles. The number of nitrogens with zero attached hydrogens (tertiary/aromatic N) is 2. The van der Waals surface area contributed by atoms with Crippen LogP contribution in [0.15, 0.2) is 18.2 Å². The fourth-order valence-corrected chi connectivity index (χ4v) is 3.68. The van der Waals surface area contributed by atoms with Crippen molar-refractivity contribution in [3.05, 3.63) is 34.6 Å². The maximum absolute atomic E-state index is 13.9. The fraction of sp³-hybridized carbons (Fsp3) is 0.588. The molecule has 1 aromatic carbocycles. The van der Waals surface area contributed by atoms with E-state index in [2.05, 4.69) is 10.2 Å². The molecule has 4 nitrogen and oxygen atoms in total. The van der Waals surface area contributed by atoms with Gasteiger partial charge in [0.05, 0.1) is 10.6 Å². The van der Waals surface area contributed by atoms with Crippen LogP contribution >= 0.6 is 24.0 Å². The molecule has 1 atom stereocenters. The third-order valence-electron chi connectivity index (χ3n) is 4.75. The first-order valence-corrected chi connectivity index (χ1v) is 8.69. The minimum absolute atomic E-state index is 0. The molecule has 2 saturated heterocycles. The van der Waals surface area contributed by atoms with Crippen molar-refractivity contribution in [2.24, 2.45) is 5.92 Å². The van der Waals surface area contributed by atoms with Gasteiger partial charge in [-0.3, -0.25) is 9.69 Å². The summed E-state index contributed by atoms with van der Waals surface area (Å²) in [7, 11) is 0. The van der Waals surface area contributed by atoms with Crippen LogP contribution < -0.4 is 5.32 Å². The predicted molar refractivity (Wildman–Crippen MR) is 96.6 cm³/mol. The second kappa shape index (κ2) is 8.99. The zero-order valence-corrected chi connectivity index (χ0v) is 15.2. The molecule has 1 N–H and O–H groups in total. The lowest BCUT2D eigenvalue weighted by molar-refractivity contribution is 0.0606. The number of hydrogen-bond acceptors (Lipinski definition) is 3. The van der Waals surface area contributed by atoms with Gasteiger partial charge in [-0.25, -0.2) is 4.39 Å². The number of nitrogens with one attached hydrogen (secondary N) is 1. The van der Waals surface area contributed by atoms with Crippen molar-refractivity contribution in [3.63, 3.8) is 0 Å². The molecular weight excluding hydrogens is 352 g/mol. The predicted octanol–water partition coefficient (Wildman–Crippen LogP) is 2.66. The quantitative estimate of drug-likeness (QED) is 0.881. The molecule has 0 aliphatic carbocycles. The molecule has 24 heavy (non-hydrogen) atoms. The van der Waals surface area contributed by atoms with Gasteiger partial charge in [0.1, 0.15) is 5.82 Å². The molecule has 7 heteroatoms. The normalized spacial score (nSPS) is 22.1. The maximum atomic E-state index is 13.9. The smallest absolute Gasteiger partial charge is 0.258 e. The van der Waals surface area contributed by atoms with E-state index in [-0.39, 0.29) is 28.9 Å². The zero-order valence-electron chi connectivity index (χ0n) is 13.6. The van der Waals surface area contributed by atoms with Crippen molar-refractivity contribution >= 4 is 29.9 Å². The number of piperazine rings is 1. The van der Waals surface area contributed by atoms with E-state index in [0.29, 0.717) is 19.0 Å². The Balaban J connectivity index is 0.00000208. The van der Waals surface area contributed by atoms with Gasteiger partial charge in [0.15, 0.2) is 0 Å². The molecule has 2 aliphatic heterocycles. The van der Waals surface area contributed by atoms with Gasteiger partial charge in [0, 0.05) is 32.7 Å². The molecular formula is C17H24Cl2FN3O. The van der Waals surface area contributed by atoms with E-state index < -0.39 is 5.82 Å². The first-order valence-electron chi connectivity index (χ1n) is 8.31. The summed E-state index contributed by atoms with van der Waals surface area (Å²) < 4.78 is 13.9. The number of halogens is 3. The Morgan fingerprint density at radius 1 is 1.29 bits per heavy atom. The lowest BCUT2D eigenvalue weighted by atomic mass is 9.99. The molecule has 3 rings (SSSR count). The van der Waals surface area contributed by atoms with Crippen LogP contribution in [-0.2, 0) is 0 Å². The highest BCUT2D eigenvalue weighted by Gasteiger charge is 2.27. The van der Waals surface area contributed by atoms with Crippen molar-refractivity contribution in [1.29, 1.82) is 0 Å². The van der Waals surface area contributed by atoms with Gasteiger partial charge in [0.25, 0.3) is 5.91 Å². The Hall–Kier alpha value is -0.880. The van der Waals surface area contributed by atoms with E-state index >= 15 is 0 Å². The Kier molecular flexibility index (Phi) is 7.29. The number of rotatable bonds is 3. The lowest BCUT2D eigenvalue weighted by Gasteiger charge is -2.37. The molecule has 0 spiro atoms. The minimum Gasteiger partial charge on any atom is -0.336 e. The Morgan fingerprint density at radius 2 is 2.04 bits per heavy atom. The second-order valence-electron chi connectivity index (χ2n) is 6.40. The summed E-state index contributed by atoms with van der Waals surface area (Å²) in [5, 5.41) is 3.62. The SMILES string of the molecule is Cl.O=C(c1c(F)cccc1Cl)N1CCN(CC2CCCNC2)CC1. The van der Waals surface area contributed by atoms with Crippen molar-refractivity contribution in [2.45, 2.75) is 12.8 Å². The van der Waals surface area contributed by atoms with E-state index in [1.807, 2.05) is 0 Å². The van der Waals surface area contributed by atoms with E-state index in [1.165, 1.54) is 25.0 Å². The van der Waals surface area contributed by atoms with E-state index in [0.717, 1.165) is 32.7 Å². The van der Waals surface area contributed by atoms with Crippen LogP contribution in [0.3, 0.4) is 0 Å². The minimum atomic E-state index is -0.543. The van der Waals surface area contributed by atoms with Crippen LogP contribution in [0, 0.1) is 11.7 Å². The van der Waals surface area contributed by atoms with Gasteiger partial charge in [-0.15, -0.1) is 12.4 Å². The third kappa shape index (κ3) is 4.60. The Labute approximate surface area is 153 Å². The summed E-state index contributed by atoms with van der Waals surface area (Å²) in [6, 6.07) is 4.36.